The Hall–Kier alpha value is -3.11. The average Bonchev–Trinajstić information content (AvgIpc) is 3.24. The number of hydrogen-bond acceptors (Lipinski definition) is 7. The van der Waals surface area contributed by atoms with Gasteiger partial charge in [0.25, 0.3) is 0 Å². The van der Waals surface area contributed by atoms with Crippen LogP contribution in [0.25, 0.3) is 5.65 Å². The Labute approximate surface area is 182 Å². The minimum absolute atomic E-state index is 0.0507. The third-order valence-corrected chi connectivity index (χ3v) is 6.33. The van der Waals surface area contributed by atoms with Gasteiger partial charge in [-0.3, -0.25) is 0 Å². The zero-order valence-corrected chi connectivity index (χ0v) is 17.8. The van der Waals surface area contributed by atoms with E-state index in [0.29, 0.717) is 17.8 Å². The maximum absolute atomic E-state index is 12.9. The number of piperidine rings is 1. The van der Waals surface area contributed by atoms with Crippen molar-refractivity contribution in [1.29, 1.82) is 0 Å². The van der Waals surface area contributed by atoms with Crippen molar-refractivity contribution in [2.75, 3.05) is 23.3 Å². The summed E-state index contributed by atoms with van der Waals surface area (Å²) >= 11 is 0. The highest BCUT2D eigenvalue weighted by atomic mass is 19.4. The van der Waals surface area contributed by atoms with E-state index in [4.69, 9.17) is 4.74 Å². The Morgan fingerprint density at radius 1 is 1.19 bits per heavy atom. The Balaban J connectivity index is 1.33. The summed E-state index contributed by atoms with van der Waals surface area (Å²) in [6.45, 7) is 4.67. The van der Waals surface area contributed by atoms with Gasteiger partial charge in [-0.1, -0.05) is 0 Å². The summed E-state index contributed by atoms with van der Waals surface area (Å²) in [6, 6.07) is 5.27. The summed E-state index contributed by atoms with van der Waals surface area (Å²) in [4.78, 5) is 15.3. The predicted octanol–water partition coefficient (Wildman–Crippen LogP) is 3.48. The Kier molecular flexibility index (Phi) is 5.06. The van der Waals surface area contributed by atoms with Crippen molar-refractivity contribution < 1.29 is 17.9 Å². The molecular weight excluding hydrogens is 423 g/mol. The van der Waals surface area contributed by atoms with Gasteiger partial charge in [-0.15, -0.1) is 5.10 Å². The Morgan fingerprint density at radius 2 is 1.94 bits per heavy atom. The first kappa shape index (κ1) is 20.8. The molecule has 3 aromatic rings. The van der Waals surface area contributed by atoms with Gasteiger partial charge in [0, 0.05) is 37.1 Å². The number of aromatic nitrogens is 5. The minimum Gasteiger partial charge on any atom is -0.477 e. The quantitative estimate of drug-likeness (QED) is 0.641. The molecule has 3 aromatic heterocycles. The summed E-state index contributed by atoms with van der Waals surface area (Å²) in [5.74, 6) is 2.19. The fourth-order valence-corrected chi connectivity index (χ4v) is 4.70. The highest BCUT2D eigenvalue weighted by Gasteiger charge is 2.43. The third-order valence-electron chi connectivity index (χ3n) is 6.33. The number of hydrogen-bond donors (Lipinski definition) is 1. The van der Waals surface area contributed by atoms with Gasteiger partial charge in [-0.05, 0) is 50.7 Å². The highest BCUT2D eigenvalue weighted by Crippen LogP contribution is 2.39. The second-order valence-electron chi connectivity index (χ2n) is 8.57. The van der Waals surface area contributed by atoms with Gasteiger partial charge in [0.05, 0.1) is 0 Å². The molecule has 2 fully saturated rings. The van der Waals surface area contributed by atoms with Crippen molar-refractivity contribution in [3.05, 3.63) is 36.4 Å². The number of pyridine rings is 1. The van der Waals surface area contributed by atoms with Crippen molar-refractivity contribution in [1.82, 2.24) is 24.6 Å². The topological polar surface area (TPSA) is 80.5 Å². The number of ether oxygens (including phenoxy) is 1. The van der Waals surface area contributed by atoms with E-state index in [9.17, 15) is 13.2 Å². The molecule has 1 saturated carbocycles. The molecular formula is C21H24F3N7O. The first-order valence-electron chi connectivity index (χ1n) is 10.7. The second-order valence-corrected chi connectivity index (χ2v) is 8.57. The lowest BCUT2D eigenvalue weighted by atomic mass is 9.92. The predicted molar refractivity (Wildman–Crippen MR) is 112 cm³/mol. The molecule has 1 aliphatic carbocycles. The van der Waals surface area contributed by atoms with Gasteiger partial charge in [-0.2, -0.15) is 18.2 Å². The molecule has 1 N–H and O–H groups in total. The van der Waals surface area contributed by atoms with Crippen molar-refractivity contribution in [2.45, 2.75) is 45.0 Å². The molecule has 32 heavy (non-hydrogen) atoms. The average molecular weight is 447 g/mol. The van der Waals surface area contributed by atoms with Crippen LogP contribution in [0.5, 0.6) is 5.75 Å². The van der Waals surface area contributed by atoms with Crippen LogP contribution in [-0.2, 0) is 0 Å². The molecule has 0 spiro atoms. The number of aryl methyl sites for hydroxylation is 1. The molecule has 1 aliphatic heterocycles. The van der Waals surface area contributed by atoms with Crippen LogP contribution in [0.3, 0.4) is 0 Å². The fraction of sp³-hybridized carbons (Fsp3) is 0.524. The SMILES string of the molecule is Cc1cc(N2C[C@H]3CC[C@@H](C2)C3Nc2nc3c(OC(C)C(F)(F)F)cccn3n2)ncn1. The molecule has 2 unspecified atom stereocenters. The molecule has 2 bridgehead atoms. The smallest absolute Gasteiger partial charge is 0.425 e. The van der Waals surface area contributed by atoms with Gasteiger partial charge < -0.3 is 15.0 Å². The number of halogens is 3. The fourth-order valence-electron chi connectivity index (χ4n) is 4.70. The monoisotopic (exact) mass is 447 g/mol. The molecule has 8 nitrogen and oxygen atoms in total. The van der Waals surface area contributed by atoms with Crippen LogP contribution < -0.4 is 15.0 Å². The summed E-state index contributed by atoms with van der Waals surface area (Å²) < 4.78 is 45.4. The number of rotatable bonds is 5. The molecule has 4 atom stereocenters. The molecule has 11 heteroatoms. The standard InChI is InChI=1S/C21H24F3N7O/c1-12-8-17(26-11-25-12)30-9-14-5-6-15(10-30)18(14)27-20-28-19-16(4-3-7-31(19)29-20)32-13(2)21(22,23)24/h3-4,7-8,11,13-15,18H,5-6,9-10H2,1-2H3,(H,27,29)/t13?,14-,15+,18?. The van der Waals surface area contributed by atoms with Crippen LogP contribution in [0.1, 0.15) is 25.5 Å². The number of anilines is 2. The van der Waals surface area contributed by atoms with Crippen LogP contribution in [0.2, 0.25) is 0 Å². The first-order valence-corrected chi connectivity index (χ1v) is 10.7. The second kappa shape index (κ2) is 7.79. The van der Waals surface area contributed by atoms with Gasteiger partial charge >= 0.3 is 6.18 Å². The van der Waals surface area contributed by atoms with E-state index < -0.39 is 12.3 Å². The third kappa shape index (κ3) is 3.91. The summed E-state index contributed by atoms with van der Waals surface area (Å²) in [6.07, 6.45) is -0.970. The normalized spacial score (nSPS) is 24.0. The van der Waals surface area contributed by atoms with Crippen LogP contribution in [-0.4, -0.2) is 56.0 Å². The maximum atomic E-state index is 12.9. The van der Waals surface area contributed by atoms with Crippen LogP contribution in [0.4, 0.5) is 24.9 Å². The van der Waals surface area contributed by atoms with Crippen LogP contribution in [0, 0.1) is 18.8 Å². The van der Waals surface area contributed by atoms with E-state index in [2.05, 4.69) is 30.3 Å². The molecule has 0 aromatic carbocycles. The minimum atomic E-state index is -4.46. The van der Waals surface area contributed by atoms with Crippen LogP contribution >= 0.6 is 0 Å². The van der Waals surface area contributed by atoms with E-state index >= 15 is 0 Å². The van der Waals surface area contributed by atoms with E-state index in [1.807, 2.05) is 13.0 Å². The summed E-state index contributed by atoms with van der Waals surface area (Å²) in [7, 11) is 0. The van der Waals surface area contributed by atoms with Crippen molar-refractivity contribution in [3.63, 3.8) is 0 Å². The lowest BCUT2D eigenvalue weighted by Crippen LogP contribution is -2.48. The number of nitrogens with one attached hydrogen (secondary N) is 1. The number of alkyl halides is 3. The highest BCUT2D eigenvalue weighted by molar-refractivity contribution is 5.56. The molecule has 170 valence electrons. The Morgan fingerprint density at radius 3 is 2.62 bits per heavy atom. The molecule has 4 heterocycles. The molecule has 5 rings (SSSR count). The first-order chi connectivity index (χ1) is 15.3. The van der Waals surface area contributed by atoms with Crippen molar-refractivity contribution in [2.24, 2.45) is 11.8 Å². The maximum Gasteiger partial charge on any atom is 0.425 e. The van der Waals surface area contributed by atoms with Crippen molar-refractivity contribution >= 4 is 17.4 Å². The largest absolute Gasteiger partial charge is 0.477 e. The van der Waals surface area contributed by atoms with Gasteiger partial charge in [0.1, 0.15) is 12.1 Å². The molecule has 0 radical (unpaired) electrons. The summed E-state index contributed by atoms with van der Waals surface area (Å²) in [5.41, 5.74) is 1.20. The van der Waals surface area contributed by atoms with E-state index in [1.54, 1.807) is 18.6 Å². The van der Waals surface area contributed by atoms with E-state index in [1.165, 1.54) is 10.6 Å². The number of fused-ring (bicyclic) bond motifs is 3. The van der Waals surface area contributed by atoms with Gasteiger partial charge in [-0.25, -0.2) is 14.5 Å². The zero-order valence-electron chi connectivity index (χ0n) is 17.8. The van der Waals surface area contributed by atoms with Gasteiger partial charge in [0.2, 0.25) is 5.95 Å². The Bertz CT molecular complexity index is 1100. The van der Waals surface area contributed by atoms with Crippen LogP contribution in [0.15, 0.2) is 30.7 Å². The molecule has 0 amide bonds. The summed E-state index contributed by atoms with van der Waals surface area (Å²) in [5, 5.41) is 7.87. The van der Waals surface area contributed by atoms with E-state index in [0.717, 1.165) is 44.4 Å². The van der Waals surface area contributed by atoms with E-state index in [-0.39, 0.29) is 17.4 Å². The molecule has 2 aliphatic rings. The van der Waals surface area contributed by atoms with Gasteiger partial charge in [0.15, 0.2) is 17.5 Å². The number of nitrogens with zero attached hydrogens (tertiary/aromatic N) is 6. The molecule has 1 saturated heterocycles. The zero-order chi connectivity index (χ0) is 22.5. The van der Waals surface area contributed by atoms with Crippen molar-refractivity contribution in [3.8, 4) is 5.75 Å². The lowest BCUT2D eigenvalue weighted by molar-refractivity contribution is -0.189. The lowest BCUT2D eigenvalue weighted by Gasteiger charge is -2.38.